The van der Waals surface area contributed by atoms with Crippen molar-refractivity contribution in [3.8, 4) is 0 Å². The average molecular weight is 272 g/mol. The van der Waals surface area contributed by atoms with Crippen molar-refractivity contribution in [3.63, 3.8) is 0 Å². The molecule has 0 aromatic rings. The van der Waals surface area contributed by atoms with Crippen LogP contribution in [0.25, 0.3) is 0 Å². The molecule has 0 N–H and O–H groups in total. The largest absolute Gasteiger partial charge is 0.469 e. The van der Waals surface area contributed by atoms with Crippen molar-refractivity contribution < 1.29 is 14.3 Å². The highest BCUT2D eigenvalue weighted by molar-refractivity contribution is 7.99. The maximum absolute atomic E-state index is 11.4. The minimum absolute atomic E-state index is 0.0495. The highest BCUT2D eigenvalue weighted by Crippen LogP contribution is 2.52. The summed E-state index contributed by atoms with van der Waals surface area (Å²) in [5.41, 5.74) is 0.262. The monoisotopic (exact) mass is 272 g/mol. The van der Waals surface area contributed by atoms with Gasteiger partial charge in [-0.3, -0.25) is 4.79 Å². The Labute approximate surface area is 114 Å². The zero-order valence-corrected chi connectivity index (χ0v) is 12.3. The number of ether oxygens (including phenoxy) is 2. The van der Waals surface area contributed by atoms with Gasteiger partial charge in [0.25, 0.3) is 0 Å². The zero-order chi connectivity index (χ0) is 13.0. The molecule has 18 heavy (non-hydrogen) atoms. The summed E-state index contributed by atoms with van der Waals surface area (Å²) in [4.78, 5) is 11.4. The first kappa shape index (κ1) is 14.2. The second-order valence-corrected chi connectivity index (χ2v) is 7.00. The Kier molecular flexibility index (Phi) is 4.96. The SMILES string of the molecule is COC(=O)CC1(CSC2CCCC(OC)C2)CC1. The molecular weight excluding hydrogens is 248 g/mol. The Bertz CT molecular complexity index is 289. The third-order valence-corrected chi connectivity index (χ3v) is 5.92. The van der Waals surface area contributed by atoms with Crippen molar-refractivity contribution in [1.82, 2.24) is 0 Å². The second kappa shape index (κ2) is 6.29. The lowest BCUT2D eigenvalue weighted by Crippen LogP contribution is -2.24. The van der Waals surface area contributed by atoms with Crippen molar-refractivity contribution in [2.45, 2.75) is 56.3 Å². The highest BCUT2D eigenvalue weighted by atomic mass is 32.2. The van der Waals surface area contributed by atoms with Gasteiger partial charge in [-0.15, -0.1) is 0 Å². The van der Waals surface area contributed by atoms with E-state index in [1.54, 1.807) is 0 Å². The van der Waals surface area contributed by atoms with Crippen molar-refractivity contribution in [3.05, 3.63) is 0 Å². The molecule has 0 aliphatic heterocycles. The van der Waals surface area contributed by atoms with E-state index in [0.717, 1.165) is 11.0 Å². The molecule has 2 saturated carbocycles. The summed E-state index contributed by atoms with van der Waals surface area (Å²) < 4.78 is 10.2. The number of thioether (sulfide) groups is 1. The molecule has 3 nitrogen and oxygen atoms in total. The molecule has 2 aliphatic carbocycles. The number of methoxy groups -OCH3 is 2. The van der Waals surface area contributed by atoms with Crippen molar-refractivity contribution in [2.75, 3.05) is 20.0 Å². The number of carbonyl (C=O) groups is 1. The van der Waals surface area contributed by atoms with Crippen LogP contribution in [0.3, 0.4) is 0 Å². The molecule has 4 heteroatoms. The maximum atomic E-state index is 11.4. The van der Waals surface area contributed by atoms with Crippen LogP contribution in [0.2, 0.25) is 0 Å². The van der Waals surface area contributed by atoms with Gasteiger partial charge in [0.15, 0.2) is 0 Å². The average Bonchev–Trinajstić information content (AvgIpc) is 3.17. The summed E-state index contributed by atoms with van der Waals surface area (Å²) in [6.07, 6.45) is 8.41. The third-order valence-electron chi connectivity index (χ3n) is 4.24. The molecule has 0 heterocycles. The molecule has 0 radical (unpaired) electrons. The van der Waals surface area contributed by atoms with Crippen molar-refractivity contribution in [1.29, 1.82) is 0 Å². The molecular formula is C14H24O3S. The predicted octanol–water partition coefficient (Wildman–Crippen LogP) is 3.02. The van der Waals surface area contributed by atoms with E-state index in [0.29, 0.717) is 12.5 Å². The van der Waals surface area contributed by atoms with Gasteiger partial charge in [0.1, 0.15) is 0 Å². The van der Waals surface area contributed by atoms with Crippen LogP contribution in [-0.4, -0.2) is 37.3 Å². The molecule has 2 fully saturated rings. The van der Waals surface area contributed by atoms with Gasteiger partial charge in [-0.25, -0.2) is 0 Å². The van der Waals surface area contributed by atoms with Gasteiger partial charge in [-0.05, 0) is 49.7 Å². The first-order chi connectivity index (χ1) is 8.67. The fraction of sp³-hybridized carbons (Fsp3) is 0.929. The standard InChI is InChI=1S/C14H24O3S/c1-16-11-4-3-5-12(8-11)18-10-14(6-7-14)9-13(15)17-2/h11-12H,3-10H2,1-2H3. The van der Waals surface area contributed by atoms with E-state index < -0.39 is 0 Å². The molecule has 0 spiro atoms. The number of hydrogen-bond donors (Lipinski definition) is 0. The molecule has 0 saturated heterocycles. The van der Waals surface area contributed by atoms with Crippen LogP contribution in [0.15, 0.2) is 0 Å². The van der Waals surface area contributed by atoms with Gasteiger partial charge < -0.3 is 9.47 Å². The molecule has 0 aromatic heterocycles. The van der Waals surface area contributed by atoms with Crippen LogP contribution in [0.4, 0.5) is 0 Å². The molecule has 2 atom stereocenters. The summed E-state index contributed by atoms with van der Waals surface area (Å²) in [7, 11) is 3.30. The van der Waals surface area contributed by atoms with Gasteiger partial charge in [0.2, 0.25) is 0 Å². The Balaban J connectivity index is 1.72. The van der Waals surface area contributed by atoms with Crippen LogP contribution < -0.4 is 0 Å². The summed E-state index contributed by atoms with van der Waals surface area (Å²) in [5, 5.41) is 0.721. The summed E-state index contributed by atoms with van der Waals surface area (Å²) in [6.45, 7) is 0. The number of hydrogen-bond acceptors (Lipinski definition) is 4. The Morgan fingerprint density at radius 1 is 1.33 bits per heavy atom. The normalized spacial score (nSPS) is 29.9. The van der Waals surface area contributed by atoms with Gasteiger partial charge in [0.05, 0.1) is 19.6 Å². The zero-order valence-electron chi connectivity index (χ0n) is 11.4. The Hall–Kier alpha value is -0.220. The smallest absolute Gasteiger partial charge is 0.306 e. The maximum Gasteiger partial charge on any atom is 0.306 e. The molecule has 104 valence electrons. The minimum atomic E-state index is -0.0495. The summed E-state index contributed by atoms with van der Waals surface area (Å²) in [6, 6.07) is 0. The first-order valence-electron chi connectivity index (χ1n) is 6.89. The van der Waals surface area contributed by atoms with Crippen LogP contribution in [-0.2, 0) is 14.3 Å². The van der Waals surface area contributed by atoms with Gasteiger partial charge >= 0.3 is 5.97 Å². The second-order valence-electron chi connectivity index (χ2n) is 5.71. The number of esters is 1. The van der Waals surface area contributed by atoms with Gasteiger partial charge in [-0.1, -0.05) is 0 Å². The summed E-state index contributed by atoms with van der Waals surface area (Å²) in [5.74, 6) is 1.06. The predicted molar refractivity (Wildman–Crippen MR) is 73.8 cm³/mol. The quantitative estimate of drug-likeness (QED) is 0.696. The lowest BCUT2D eigenvalue weighted by Gasteiger charge is -2.28. The topological polar surface area (TPSA) is 35.5 Å². The van der Waals surface area contributed by atoms with E-state index >= 15 is 0 Å². The lowest BCUT2D eigenvalue weighted by molar-refractivity contribution is -0.141. The number of carbonyl (C=O) groups excluding carboxylic acids is 1. The molecule has 0 amide bonds. The fourth-order valence-electron chi connectivity index (χ4n) is 2.69. The first-order valence-corrected chi connectivity index (χ1v) is 7.93. The molecule has 0 aromatic carbocycles. The van der Waals surface area contributed by atoms with Crippen LogP contribution in [0.5, 0.6) is 0 Å². The molecule has 0 bridgehead atoms. The summed E-state index contributed by atoms with van der Waals surface area (Å²) >= 11 is 2.05. The van der Waals surface area contributed by atoms with Gasteiger partial charge in [0, 0.05) is 12.4 Å². The highest BCUT2D eigenvalue weighted by Gasteiger charge is 2.45. The van der Waals surface area contributed by atoms with E-state index in [9.17, 15) is 4.79 Å². The Morgan fingerprint density at radius 2 is 2.11 bits per heavy atom. The number of rotatable bonds is 6. The molecule has 2 unspecified atom stereocenters. The minimum Gasteiger partial charge on any atom is -0.469 e. The van der Waals surface area contributed by atoms with E-state index in [1.165, 1.54) is 45.6 Å². The Morgan fingerprint density at radius 3 is 2.72 bits per heavy atom. The third kappa shape index (κ3) is 3.89. The van der Waals surface area contributed by atoms with Crippen LogP contribution in [0, 0.1) is 5.41 Å². The lowest BCUT2D eigenvalue weighted by atomic mass is 9.97. The van der Waals surface area contributed by atoms with Crippen molar-refractivity contribution >= 4 is 17.7 Å². The fourth-order valence-corrected chi connectivity index (χ4v) is 4.35. The van der Waals surface area contributed by atoms with Crippen LogP contribution >= 0.6 is 11.8 Å². The van der Waals surface area contributed by atoms with Crippen molar-refractivity contribution in [2.24, 2.45) is 5.41 Å². The molecule has 2 rings (SSSR count). The van der Waals surface area contributed by atoms with E-state index in [1.807, 2.05) is 7.11 Å². The van der Waals surface area contributed by atoms with E-state index in [-0.39, 0.29) is 11.4 Å². The molecule has 2 aliphatic rings. The van der Waals surface area contributed by atoms with E-state index in [4.69, 9.17) is 9.47 Å². The van der Waals surface area contributed by atoms with Gasteiger partial charge in [-0.2, -0.15) is 11.8 Å². The van der Waals surface area contributed by atoms with Crippen LogP contribution in [0.1, 0.15) is 44.9 Å². The van der Waals surface area contributed by atoms with E-state index in [2.05, 4.69) is 11.8 Å².